The maximum atomic E-state index is 14.6. The first-order valence-electron chi connectivity index (χ1n) is 14.0. The topological polar surface area (TPSA) is 87.3 Å². The summed E-state index contributed by atoms with van der Waals surface area (Å²) < 4.78 is 14.6. The lowest BCUT2D eigenvalue weighted by Gasteiger charge is -2.18. The summed E-state index contributed by atoms with van der Waals surface area (Å²) in [7, 11) is 0. The largest absolute Gasteiger partial charge is 0.323 e. The SMILES string of the molecule is O=C(Nc1ccc(SC(C(=O)Nc2ccccc2Cl)c2ccccc2)cc1)/C(=C/c1c(F)cccc1Cl)NC(=O)c1ccccc1. The van der Waals surface area contributed by atoms with Crippen molar-refractivity contribution in [3.8, 4) is 0 Å². The number of rotatable bonds is 10. The molecule has 1 atom stereocenters. The first-order valence-corrected chi connectivity index (χ1v) is 15.6. The number of nitrogens with one attached hydrogen (secondary N) is 3. The first-order chi connectivity index (χ1) is 22.3. The molecule has 0 spiro atoms. The van der Waals surface area contributed by atoms with Gasteiger partial charge in [-0.1, -0.05) is 89.9 Å². The van der Waals surface area contributed by atoms with E-state index in [1.807, 2.05) is 30.3 Å². The molecule has 0 aliphatic carbocycles. The zero-order chi connectivity index (χ0) is 32.5. The lowest BCUT2D eigenvalue weighted by atomic mass is 10.1. The molecule has 0 saturated carbocycles. The molecular formula is C36H26Cl2FN3O3S. The van der Waals surface area contributed by atoms with Crippen molar-refractivity contribution in [3.05, 3.63) is 166 Å². The fourth-order valence-corrected chi connectivity index (χ4v) is 5.77. The highest BCUT2D eigenvalue weighted by Crippen LogP contribution is 2.37. The molecule has 0 saturated heterocycles. The number of halogens is 3. The van der Waals surface area contributed by atoms with Crippen LogP contribution in [0.2, 0.25) is 10.0 Å². The van der Waals surface area contributed by atoms with Gasteiger partial charge >= 0.3 is 0 Å². The van der Waals surface area contributed by atoms with Crippen LogP contribution in [0.4, 0.5) is 15.8 Å². The number of carbonyl (C=O) groups excluding carboxylic acids is 3. The van der Waals surface area contributed by atoms with E-state index in [2.05, 4.69) is 16.0 Å². The molecule has 46 heavy (non-hydrogen) atoms. The molecule has 0 aliphatic heterocycles. The van der Waals surface area contributed by atoms with Crippen molar-refractivity contribution in [3.63, 3.8) is 0 Å². The van der Waals surface area contributed by atoms with Gasteiger partial charge in [-0.15, -0.1) is 11.8 Å². The molecule has 0 fully saturated rings. The van der Waals surface area contributed by atoms with E-state index in [-0.39, 0.29) is 22.2 Å². The molecule has 0 aliphatic rings. The Morgan fingerprint density at radius 2 is 1.33 bits per heavy atom. The standard InChI is InChI=1S/C36H26Cl2FN3O3S/c37-28-15-9-16-30(39)27(28)22-32(42-34(43)24-12-5-2-6-13-24)35(44)40-25-18-20-26(21-19-25)46-33(23-10-3-1-4-11-23)36(45)41-31-17-8-7-14-29(31)38/h1-22,33H,(H,40,44)(H,41,45)(H,42,43)/b32-22-. The minimum atomic E-state index is -0.690. The van der Waals surface area contributed by atoms with Gasteiger partial charge in [0.05, 0.1) is 15.7 Å². The van der Waals surface area contributed by atoms with Gasteiger partial charge in [0.25, 0.3) is 11.8 Å². The Morgan fingerprint density at radius 3 is 2.00 bits per heavy atom. The number of amides is 3. The molecule has 0 aromatic heterocycles. The number of hydrogen-bond acceptors (Lipinski definition) is 4. The third-order valence-electron chi connectivity index (χ3n) is 6.66. The van der Waals surface area contributed by atoms with Crippen LogP contribution >= 0.6 is 35.0 Å². The molecule has 3 amide bonds. The third kappa shape index (κ3) is 8.43. The second kappa shape index (κ2) is 15.4. The highest BCUT2D eigenvalue weighted by Gasteiger charge is 2.23. The molecular weight excluding hydrogens is 644 g/mol. The highest BCUT2D eigenvalue weighted by molar-refractivity contribution is 8.00. The quantitative estimate of drug-likeness (QED) is 0.102. The van der Waals surface area contributed by atoms with Crippen molar-refractivity contribution in [2.45, 2.75) is 10.1 Å². The number of benzene rings is 5. The Balaban J connectivity index is 1.35. The smallest absolute Gasteiger partial charge is 0.272 e. The average Bonchev–Trinajstić information content (AvgIpc) is 3.07. The summed E-state index contributed by atoms with van der Waals surface area (Å²) in [5.74, 6) is -2.15. The number of para-hydroxylation sites is 1. The van der Waals surface area contributed by atoms with E-state index in [1.54, 1.807) is 78.9 Å². The predicted molar refractivity (Wildman–Crippen MR) is 183 cm³/mol. The van der Waals surface area contributed by atoms with Gasteiger partial charge in [0, 0.05) is 21.7 Å². The fraction of sp³-hybridized carbons (Fsp3) is 0.0278. The van der Waals surface area contributed by atoms with Crippen LogP contribution in [0.3, 0.4) is 0 Å². The van der Waals surface area contributed by atoms with Crippen molar-refractivity contribution >= 4 is 70.1 Å². The van der Waals surface area contributed by atoms with Crippen LogP contribution in [-0.2, 0) is 9.59 Å². The van der Waals surface area contributed by atoms with Crippen LogP contribution in [0.5, 0.6) is 0 Å². The van der Waals surface area contributed by atoms with Gasteiger partial charge in [0.1, 0.15) is 16.8 Å². The molecule has 0 bridgehead atoms. The summed E-state index contributed by atoms with van der Waals surface area (Å²) in [4.78, 5) is 40.5. The molecule has 5 aromatic carbocycles. The molecule has 3 N–H and O–H groups in total. The molecule has 6 nitrogen and oxygen atoms in total. The number of hydrogen-bond donors (Lipinski definition) is 3. The third-order valence-corrected chi connectivity index (χ3v) is 8.58. The second-order valence-electron chi connectivity index (χ2n) is 9.87. The average molecular weight is 671 g/mol. The van der Waals surface area contributed by atoms with E-state index < -0.39 is 22.9 Å². The van der Waals surface area contributed by atoms with Crippen LogP contribution in [-0.4, -0.2) is 17.7 Å². The van der Waals surface area contributed by atoms with Gasteiger partial charge in [0.15, 0.2) is 0 Å². The minimum absolute atomic E-state index is 0.0450. The van der Waals surface area contributed by atoms with Gasteiger partial charge in [-0.25, -0.2) is 4.39 Å². The van der Waals surface area contributed by atoms with E-state index in [9.17, 15) is 18.8 Å². The van der Waals surface area contributed by atoms with Crippen molar-refractivity contribution in [1.29, 1.82) is 0 Å². The van der Waals surface area contributed by atoms with E-state index in [0.717, 1.165) is 10.5 Å². The summed E-state index contributed by atoms with van der Waals surface area (Å²) in [6.45, 7) is 0. The van der Waals surface area contributed by atoms with Gasteiger partial charge in [0.2, 0.25) is 5.91 Å². The monoisotopic (exact) mass is 669 g/mol. The minimum Gasteiger partial charge on any atom is -0.323 e. The Bertz CT molecular complexity index is 1870. The normalized spacial score (nSPS) is 11.8. The van der Waals surface area contributed by atoms with Crippen LogP contribution in [0.15, 0.2) is 138 Å². The van der Waals surface area contributed by atoms with Crippen molar-refractivity contribution in [2.75, 3.05) is 10.6 Å². The Labute approximate surface area is 279 Å². The molecule has 0 radical (unpaired) electrons. The van der Waals surface area contributed by atoms with Crippen LogP contribution in [0.1, 0.15) is 26.7 Å². The fourth-order valence-electron chi connectivity index (χ4n) is 4.35. The van der Waals surface area contributed by atoms with E-state index in [1.165, 1.54) is 36.0 Å². The summed E-state index contributed by atoms with van der Waals surface area (Å²) in [6.07, 6.45) is 1.19. The van der Waals surface area contributed by atoms with Gasteiger partial charge in [-0.2, -0.15) is 0 Å². The van der Waals surface area contributed by atoms with Crippen LogP contribution in [0.25, 0.3) is 6.08 Å². The Kier molecular flexibility index (Phi) is 10.9. The van der Waals surface area contributed by atoms with Crippen molar-refractivity contribution < 1.29 is 18.8 Å². The maximum absolute atomic E-state index is 14.6. The lowest BCUT2D eigenvalue weighted by molar-refractivity contribution is -0.116. The van der Waals surface area contributed by atoms with E-state index in [0.29, 0.717) is 22.0 Å². The molecule has 1 unspecified atom stereocenters. The number of carbonyl (C=O) groups is 3. The molecule has 5 rings (SSSR count). The van der Waals surface area contributed by atoms with Crippen molar-refractivity contribution in [2.24, 2.45) is 0 Å². The summed E-state index contributed by atoms with van der Waals surface area (Å²) in [5, 5.41) is 8.12. The molecule has 0 heterocycles. The molecule has 230 valence electrons. The van der Waals surface area contributed by atoms with Crippen molar-refractivity contribution in [1.82, 2.24) is 5.32 Å². The number of anilines is 2. The molecule has 5 aromatic rings. The van der Waals surface area contributed by atoms with Crippen LogP contribution in [0, 0.1) is 5.82 Å². The maximum Gasteiger partial charge on any atom is 0.272 e. The zero-order valence-corrected chi connectivity index (χ0v) is 26.4. The summed E-state index contributed by atoms with van der Waals surface area (Å²) >= 11 is 13.8. The van der Waals surface area contributed by atoms with Crippen LogP contribution < -0.4 is 16.0 Å². The summed E-state index contributed by atoms with van der Waals surface area (Å²) in [5.41, 5.74) is 1.77. The predicted octanol–water partition coefficient (Wildman–Crippen LogP) is 9.01. The van der Waals surface area contributed by atoms with Gasteiger partial charge < -0.3 is 16.0 Å². The second-order valence-corrected chi connectivity index (χ2v) is 11.9. The lowest BCUT2D eigenvalue weighted by Crippen LogP contribution is -2.30. The molecule has 10 heteroatoms. The zero-order valence-electron chi connectivity index (χ0n) is 24.0. The first kappa shape index (κ1) is 32.5. The Morgan fingerprint density at radius 1 is 0.696 bits per heavy atom. The van der Waals surface area contributed by atoms with Gasteiger partial charge in [-0.3, -0.25) is 14.4 Å². The van der Waals surface area contributed by atoms with E-state index >= 15 is 0 Å². The Hall–Kier alpha value is -4.89. The number of thioether (sulfide) groups is 1. The summed E-state index contributed by atoms with van der Waals surface area (Å²) in [6, 6.07) is 35.7. The van der Waals surface area contributed by atoms with E-state index in [4.69, 9.17) is 23.2 Å². The van der Waals surface area contributed by atoms with Gasteiger partial charge in [-0.05, 0) is 72.3 Å². The highest BCUT2D eigenvalue weighted by atomic mass is 35.5.